The minimum absolute atomic E-state index is 0.118. The molecule has 4 heteroatoms. The van der Waals surface area contributed by atoms with E-state index in [1.165, 1.54) is 25.7 Å². The van der Waals surface area contributed by atoms with Gasteiger partial charge in [-0.1, -0.05) is 18.9 Å². The van der Waals surface area contributed by atoms with Crippen LogP contribution in [0.1, 0.15) is 44.1 Å². The Morgan fingerprint density at radius 2 is 2.10 bits per heavy atom. The van der Waals surface area contributed by atoms with E-state index < -0.39 is 10.8 Å². The molecule has 0 bridgehead atoms. The monoisotopic (exact) mass is 293 g/mol. The molecule has 2 unspecified atom stereocenters. The van der Waals surface area contributed by atoms with Crippen molar-refractivity contribution in [1.29, 1.82) is 0 Å². The Kier molecular flexibility index (Phi) is 3.87. The number of rotatable bonds is 3. The molecule has 1 saturated carbocycles. The molecule has 1 aromatic carbocycles. The number of hydrogen-bond donors (Lipinski definition) is 1. The van der Waals surface area contributed by atoms with Crippen LogP contribution in [0.15, 0.2) is 23.1 Å². The molecule has 1 heterocycles. The van der Waals surface area contributed by atoms with Crippen molar-refractivity contribution in [2.24, 2.45) is 0 Å². The lowest BCUT2D eigenvalue weighted by Crippen LogP contribution is -2.27. The highest BCUT2D eigenvalue weighted by molar-refractivity contribution is 7.85. The summed E-state index contributed by atoms with van der Waals surface area (Å²) >= 11 is 0. The van der Waals surface area contributed by atoms with E-state index >= 15 is 0 Å². The fourth-order valence-electron chi connectivity index (χ4n) is 3.50. The molecule has 1 spiro atoms. The molecule has 2 fully saturated rings. The lowest BCUT2D eigenvalue weighted by atomic mass is 9.98. The Labute approximate surface area is 123 Å². The van der Waals surface area contributed by atoms with Gasteiger partial charge in [0.1, 0.15) is 0 Å². The van der Waals surface area contributed by atoms with Crippen molar-refractivity contribution < 1.29 is 8.95 Å². The first-order chi connectivity index (χ1) is 9.58. The quantitative estimate of drug-likeness (QED) is 0.871. The first kappa shape index (κ1) is 14.1. The summed E-state index contributed by atoms with van der Waals surface area (Å²) in [4.78, 5) is 0.765. The van der Waals surface area contributed by atoms with Crippen LogP contribution in [0.3, 0.4) is 0 Å². The molecule has 20 heavy (non-hydrogen) atoms. The first-order valence-corrected chi connectivity index (χ1v) is 8.82. The Balaban J connectivity index is 1.66. The number of nitrogens with two attached hydrogens (primary N) is 1. The second kappa shape index (κ2) is 5.49. The molecule has 0 radical (unpaired) electrons. The van der Waals surface area contributed by atoms with Gasteiger partial charge in [-0.05, 0) is 50.3 Å². The van der Waals surface area contributed by atoms with Gasteiger partial charge in [0.05, 0.1) is 33.2 Å². The summed E-state index contributed by atoms with van der Waals surface area (Å²) < 4.78 is 18.8. The van der Waals surface area contributed by atoms with Gasteiger partial charge in [0, 0.05) is 5.69 Å². The van der Waals surface area contributed by atoms with Gasteiger partial charge in [-0.2, -0.15) is 0 Å². The molecule has 1 aliphatic carbocycles. The molecule has 0 amide bonds. The van der Waals surface area contributed by atoms with E-state index in [-0.39, 0.29) is 11.7 Å². The number of ether oxygens (including phenoxy) is 1. The second-order valence-electron chi connectivity index (χ2n) is 6.22. The van der Waals surface area contributed by atoms with Gasteiger partial charge in [0.25, 0.3) is 0 Å². The van der Waals surface area contributed by atoms with Crippen molar-refractivity contribution in [2.75, 3.05) is 11.5 Å². The molecular formula is C16H23NO2S. The van der Waals surface area contributed by atoms with Crippen LogP contribution < -0.4 is 5.73 Å². The van der Waals surface area contributed by atoms with Gasteiger partial charge in [-0.15, -0.1) is 0 Å². The highest BCUT2D eigenvalue weighted by atomic mass is 32.2. The lowest BCUT2D eigenvalue weighted by Gasteiger charge is -2.23. The average molecular weight is 293 g/mol. The molecule has 1 saturated heterocycles. The Hall–Kier alpha value is -0.870. The molecule has 0 aromatic heterocycles. The smallest absolute Gasteiger partial charge is 0.0702 e. The first-order valence-electron chi connectivity index (χ1n) is 7.50. The van der Waals surface area contributed by atoms with Crippen molar-refractivity contribution in [3.05, 3.63) is 23.8 Å². The Bertz CT molecular complexity index is 523. The van der Waals surface area contributed by atoms with E-state index in [2.05, 4.69) is 0 Å². The van der Waals surface area contributed by atoms with Gasteiger partial charge in [0.2, 0.25) is 0 Å². The molecule has 2 N–H and O–H groups in total. The van der Waals surface area contributed by atoms with Crippen LogP contribution in [0.4, 0.5) is 5.69 Å². The van der Waals surface area contributed by atoms with E-state index in [1.54, 1.807) is 0 Å². The maximum absolute atomic E-state index is 12.5. The van der Waals surface area contributed by atoms with Gasteiger partial charge >= 0.3 is 0 Å². The molecule has 110 valence electrons. The summed E-state index contributed by atoms with van der Waals surface area (Å²) in [7, 11) is -1.06. The highest BCUT2D eigenvalue weighted by Gasteiger charge is 2.42. The summed E-state index contributed by atoms with van der Waals surface area (Å²) in [5, 5.41) is 0. The van der Waals surface area contributed by atoms with Crippen LogP contribution >= 0.6 is 0 Å². The minimum Gasteiger partial charge on any atom is -0.398 e. The molecule has 2 aliphatic rings. The standard InChI is InChI=1S/C16H23NO2S/c1-12-4-5-14(17)15(10-12)20(18)11-13-6-9-16(19-13)7-2-3-8-16/h4-5,10,13H,2-3,6-9,11,17H2,1H3. The van der Waals surface area contributed by atoms with E-state index in [0.29, 0.717) is 11.4 Å². The average Bonchev–Trinajstić information content (AvgIpc) is 3.03. The second-order valence-corrected chi connectivity index (χ2v) is 7.69. The number of nitrogen functional groups attached to an aromatic ring is 1. The highest BCUT2D eigenvalue weighted by Crippen LogP contribution is 2.43. The molecule has 3 nitrogen and oxygen atoms in total. The van der Waals surface area contributed by atoms with Crippen LogP contribution in [-0.4, -0.2) is 21.7 Å². The summed E-state index contributed by atoms with van der Waals surface area (Å²) in [5.74, 6) is 0.579. The predicted octanol–water partition coefficient (Wildman–Crippen LogP) is 3.18. The number of benzene rings is 1. The summed E-state index contributed by atoms with van der Waals surface area (Å²) in [6, 6.07) is 5.73. The van der Waals surface area contributed by atoms with Crippen LogP contribution in [-0.2, 0) is 15.5 Å². The van der Waals surface area contributed by atoms with Crippen molar-refractivity contribution >= 4 is 16.5 Å². The van der Waals surface area contributed by atoms with E-state index in [9.17, 15) is 4.21 Å². The number of hydrogen-bond acceptors (Lipinski definition) is 3. The van der Waals surface area contributed by atoms with E-state index in [4.69, 9.17) is 10.5 Å². The zero-order chi connectivity index (χ0) is 14.2. The molecule has 3 rings (SSSR count). The maximum Gasteiger partial charge on any atom is 0.0702 e. The summed E-state index contributed by atoms with van der Waals surface area (Å²) in [6.45, 7) is 2.00. The van der Waals surface area contributed by atoms with Crippen LogP contribution in [0.5, 0.6) is 0 Å². The number of anilines is 1. The van der Waals surface area contributed by atoms with Crippen molar-refractivity contribution in [1.82, 2.24) is 0 Å². The predicted molar refractivity (Wildman–Crippen MR) is 82.2 cm³/mol. The van der Waals surface area contributed by atoms with E-state index in [1.807, 2.05) is 25.1 Å². The zero-order valence-electron chi connectivity index (χ0n) is 12.1. The van der Waals surface area contributed by atoms with Crippen molar-refractivity contribution in [3.8, 4) is 0 Å². The molecule has 2 atom stereocenters. The van der Waals surface area contributed by atoms with Gasteiger partial charge < -0.3 is 10.5 Å². The third kappa shape index (κ3) is 2.77. The SMILES string of the molecule is Cc1ccc(N)c(S(=O)CC2CCC3(CCCC3)O2)c1. The van der Waals surface area contributed by atoms with Gasteiger partial charge in [-0.25, -0.2) is 0 Å². The van der Waals surface area contributed by atoms with Crippen molar-refractivity contribution in [2.45, 2.75) is 62.0 Å². The Morgan fingerprint density at radius 3 is 2.85 bits per heavy atom. The molecule has 1 aromatic rings. The van der Waals surface area contributed by atoms with Gasteiger partial charge in [0.15, 0.2) is 0 Å². The van der Waals surface area contributed by atoms with Crippen LogP contribution in [0, 0.1) is 6.92 Å². The molecule has 1 aliphatic heterocycles. The lowest BCUT2D eigenvalue weighted by molar-refractivity contribution is -0.0270. The number of aryl methyl sites for hydroxylation is 1. The Morgan fingerprint density at radius 1 is 1.35 bits per heavy atom. The maximum atomic E-state index is 12.5. The topological polar surface area (TPSA) is 52.3 Å². The zero-order valence-corrected chi connectivity index (χ0v) is 12.9. The third-order valence-electron chi connectivity index (χ3n) is 4.60. The normalized spacial score (nSPS) is 26.1. The van der Waals surface area contributed by atoms with Crippen LogP contribution in [0.2, 0.25) is 0 Å². The van der Waals surface area contributed by atoms with Gasteiger partial charge in [-0.3, -0.25) is 4.21 Å². The summed E-state index contributed by atoms with van der Waals surface area (Å²) in [6.07, 6.45) is 7.23. The summed E-state index contributed by atoms with van der Waals surface area (Å²) in [5.41, 5.74) is 7.79. The largest absolute Gasteiger partial charge is 0.398 e. The fraction of sp³-hybridized carbons (Fsp3) is 0.625. The molecular weight excluding hydrogens is 270 g/mol. The third-order valence-corrected chi connectivity index (χ3v) is 6.12. The minimum atomic E-state index is -1.06. The van der Waals surface area contributed by atoms with E-state index in [0.717, 1.165) is 23.3 Å². The van der Waals surface area contributed by atoms with Crippen LogP contribution in [0.25, 0.3) is 0 Å². The fourth-order valence-corrected chi connectivity index (χ4v) is 4.90. The van der Waals surface area contributed by atoms with Crippen molar-refractivity contribution in [3.63, 3.8) is 0 Å².